The number of methoxy groups -OCH3 is 2. The molecule has 2 nitrogen and oxygen atoms in total. The topological polar surface area (TPSA) is 18.5 Å². The van der Waals surface area contributed by atoms with Crippen LogP contribution < -0.4 is 9.47 Å². The molecule has 0 aliphatic heterocycles. The Morgan fingerprint density at radius 1 is 0.759 bits per heavy atom. The minimum atomic E-state index is 0.857. The maximum absolute atomic E-state index is 5.53. The van der Waals surface area contributed by atoms with E-state index < -0.39 is 0 Å². The maximum atomic E-state index is 5.53. The van der Waals surface area contributed by atoms with Crippen molar-refractivity contribution in [1.29, 1.82) is 0 Å². The van der Waals surface area contributed by atoms with E-state index in [4.69, 9.17) is 9.47 Å². The fourth-order valence-corrected chi connectivity index (χ4v) is 4.23. The van der Waals surface area contributed by atoms with Gasteiger partial charge in [-0.25, -0.2) is 0 Å². The summed E-state index contributed by atoms with van der Waals surface area (Å²) in [6.07, 6.45) is 5.26. The molecule has 0 saturated heterocycles. The van der Waals surface area contributed by atoms with Gasteiger partial charge in [-0.05, 0) is 78.6 Å². The first-order chi connectivity index (χ1) is 14.1. The molecule has 1 aliphatic carbocycles. The van der Waals surface area contributed by atoms with Gasteiger partial charge in [0, 0.05) is 5.56 Å². The number of fused-ring (bicyclic) bond motifs is 1. The first-order valence-corrected chi connectivity index (χ1v) is 10.2. The SMILES string of the molecule is COc1cc(Cc2cccc(CC3=CCc4ccc(C)cc43)c2)cc(OC)c1C. The van der Waals surface area contributed by atoms with E-state index in [1.54, 1.807) is 14.2 Å². The van der Waals surface area contributed by atoms with Crippen LogP contribution in [0.4, 0.5) is 0 Å². The summed E-state index contributed by atoms with van der Waals surface area (Å²) in [4.78, 5) is 0. The Kier molecular flexibility index (Phi) is 5.44. The van der Waals surface area contributed by atoms with Crippen LogP contribution in [0.25, 0.3) is 5.57 Å². The number of allylic oxidation sites excluding steroid dienone is 2. The van der Waals surface area contributed by atoms with Crippen molar-refractivity contribution in [3.8, 4) is 11.5 Å². The largest absolute Gasteiger partial charge is 0.496 e. The van der Waals surface area contributed by atoms with Crippen molar-refractivity contribution in [3.05, 3.63) is 99.6 Å². The first kappa shape index (κ1) is 19.3. The molecule has 0 heterocycles. The summed E-state index contributed by atoms with van der Waals surface area (Å²) in [6, 6.07) is 19.9. The second-order valence-corrected chi connectivity index (χ2v) is 7.89. The average molecular weight is 385 g/mol. The summed E-state index contributed by atoms with van der Waals surface area (Å²) in [6.45, 7) is 4.19. The molecule has 0 bridgehead atoms. The van der Waals surface area contributed by atoms with Crippen LogP contribution in [-0.4, -0.2) is 14.2 Å². The molecule has 0 radical (unpaired) electrons. The Bertz CT molecular complexity index is 1050. The molecule has 0 unspecified atom stereocenters. The van der Waals surface area contributed by atoms with Crippen molar-refractivity contribution in [2.45, 2.75) is 33.1 Å². The second-order valence-electron chi connectivity index (χ2n) is 7.89. The van der Waals surface area contributed by atoms with Gasteiger partial charge < -0.3 is 9.47 Å². The summed E-state index contributed by atoms with van der Waals surface area (Å²) < 4.78 is 11.1. The predicted octanol–water partition coefficient (Wildman–Crippen LogP) is 6.09. The molecule has 148 valence electrons. The zero-order valence-electron chi connectivity index (χ0n) is 17.7. The Hall–Kier alpha value is -3.00. The highest BCUT2D eigenvalue weighted by Crippen LogP contribution is 2.32. The lowest BCUT2D eigenvalue weighted by Crippen LogP contribution is -1.97. The molecular weight excluding hydrogens is 356 g/mol. The van der Waals surface area contributed by atoms with Gasteiger partial charge in [-0.2, -0.15) is 0 Å². The number of rotatable bonds is 6. The summed E-state index contributed by atoms with van der Waals surface area (Å²) in [7, 11) is 3.42. The molecular formula is C27H28O2. The Balaban J connectivity index is 1.56. The van der Waals surface area contributed by atoms with Crippen LogP contribution in [0.3, 0.4) is 0 Å². The standard InChI is InChI=1S/C27H28O2/c1-18-8-9-23-10-11-24(25(23)12-18)15-21-7-5-6-20(13-21)14-22-16-26(28-3)19(2)27(17-22)29-4/h5-9,11-13,16-17H,10,14-15H2,1-4H3. The lowest BCUT2D eigenvalue weighted by molar-refractivity contribution is 0.388. The summed E-state index contributed by atoms with van der Waals surface area (Å²) in [5, 5.41) is 0. The van der Waals surface area contributed by atoms with Gasteiger partial charge in [-0.3, -0.25) is 0 Å². The van der Waals surface area contributed by atoms with E-state index in [0.717, 1.165) is 36.3 Å². The van der Waals surface area contributed by atoms with Gasteiger partial charge in [-0.15, -0.1) is 0 Å². The molecule has 3 aromatic rings. The van der Waals surface area contributed by atoms with Crippen LogP contribution in [0.15, 0.2) is 60.7 Å². The van der Waals surface area contributed by atoms with E-state index in [1.807, 2.05) is 6.92 Å². The molecule has 3 aromatic carbocycles. The molecule has 0 atom stereocenters. The quantitative estimate of drug-likeness (QED) is 0.512. The molecule has 0 spiro atoms. The predicted molar refractivity (Wildman–Crippen MR) is 120 cm³/mol. The van der Waals surface area contributed by atoms with Crippen molar-refractivity contribution in [1.82, 2.24) is 0 Å². The number of aryl methyl sites for hydroxylation is 1. The zero-order chi connectivity index (χ0) is 20.4. The number of benzene rings is 3. The maximum Gasteiger partial charge on any atom is 0.125 e. The third-order valence-corrected chi connectivity index (χ3v) is 5.79. The highest BCUT2D eigenvalue weighted by Gasteiger charge is 2.15. The molecule has 0 amide bonds. The Labute approximate surface area is 173 Å². The van der Waals surface area contributed by atoms with Gasteiger partial charge in [0.05, 0.1) is 14.2 Å². The van der Waals surface area contributed by atoms with Crippen LogP contribution in [0.1, 0.15) is 38.9 Å². The van der Waals surface area contributed by atoms with Crippen LogP contribution in [0, 0.1) is 13.8 Å². The van der Waals surface area contributed by atoms with E-state index in [0.29, 0.717) is 0 Å². The van der Waals surface area contributed by atoms with Crippen molar-refractivity contribution in [2.24, 2.45) is 0 Å². The molecule has 0 fully saturated rings. The van der Waals surface area contributed by atoms with E-state index in [9.17, 15) is 0 Å². The van der Waals surface area contributed by atoms with Crippen LogP contribution in [-0.2, 0) is 19.3 Å². The van der Waals surface area contributed by atoms with E-state index in [1.165, 1.54) is 39.0 Å². The van der Waals surface area contributed by atoms with Gasteiger partial charge in [0.25, 0.3) is 0 Å². The minimum Gasteiger partial charge on any atom is -0.496 e. The molecule has 2 heteroatoms. The third-order valence-electron chi connectivity index (χ3n) is 5.79. The fourth-order valence-electron chi connectivity index (χ4n) is 4.23. The molecule has 0 saturated carbocycles. The zero-order valence-corrected chi connectivity index (χ0v) is 17.7. The molecule has 0 N–H and O–H groups in total. The first-order valence-electron chi connectivity index (χ1n) is 10.2. The normalized spacial score (nSPS) is 12.5. The van der Waals surface area contributed by atoms with Crippen molar-refractivity contribution < 1.29 is 9.47 Å². The lowest BCUT2D eigenvalue weighted by atomic mass is 9.95. The number of ether oxygens (including phenoxy) is 2. The Morgan fingerprint density at radius 3 is 2.14 bits per heavy atom. The van der Waals surface area contributed by atoms with E-state index in [-0.39, 0.29) is 0 Å². The summed E-state index contributed by atoms with van der Waals surface area (Å²) >= 11 is 0. The van der Waals surface area contributed by atoms with Gasteiger partial charge in [0.2, 0.25) is 0 Å². The number of hydrogen-bond acceptors (Lipinski definition) is 2. The highest BCUT2D eigenvalue weighted by molar-refractivity contribution is 5.75. The average Bonchev–Trinajstić information content (AvgIpc) is 3.11. The third kappa shape index (κ3) is 4.07. The van der Waals surface area contributed by atoms with Crippen LogP contribution in [0.2, 0.25) is 0 Å². The monoisotopic (exact) mass is 384 g/mol. The molecule has 29 heavy (non-hydrogen) atoms. The van der Waals surface area contributed by atoms with Gasteiger partial charge in [-0.1, -0.05) is 54.1 Å². The molecule has 0 aromatic heterocycles. The van der Waals surface area contributed by atoms with Gasteiger partial charge >= 0.3 is 0 Å². The van der Waals surface area contributed by atoms with Crippen LogP contribution >= 0.6 is 0 Å². The summed E-state index contributed by atoms with van der Waals surface area (Å²) in [5.41, 5.74) is 10.5. The van der Waals surface area contributed by atoms with Crippen LogP contribution in [0.5, 0.6) is 11.5 Å². The molecule has 1 aliphatic rings. The van der Waals surface area contributed by atoms with Crippen molar-refractivity contribution in [2.75, 3.05) is 14.2 Å². The van der Waals surface area contributed by atoms with Crippen molar-refractivity contribution >= 4 is 5.57 Å². The fraction of sp³-hybridized carbons (Fsp3) is 0.259. The number of hydrogen-bond donors (Lipinski definition) is 0. The smallest absolute Gasteiger partial charge is 0.125 e. The second kappa shape index (κ2) is 8.16. The minimum absolute atomic E-state index is 0.857. The van der Waals surface area contributed by atoms with E-state index in [2.05, 4.69) is 67.6 Å². The van der Waals surface area contributed by atoms with Gasteiger partial charge in [0.15, 0.2) is 0 Å². The lowest BCUT2D eigenvalue weighted by Gasteiger charge is -2.13. The van der Waals surface area contributed by atoms with E-state index >= 15 is 0 Å². The highest BCUT2D eigenvalue weighted by atomic mass is 16.5. The summed E-state index contributed by atoms with van der Waals surface area (Å²) in [5.74, 6) is 1.75. The Morgan fingerprint density at radius 2 is 1.45 bits per heavy atom. The molecule has 4 rings (SSSR count). The van der Waals surface area contributed by atoms with Gasteiger partial charge in [0.1, 0.15) is 11.5 Å². The van der Waals surface area contributed by atoms with Crippen molar-refractivity contribution in [3.63, 3.8) is 0 Å².